The van der Waals surface area contributed by atoms with E-state index in [1.54, 1.807) is 0 Å². The normalized spacial score (nSPS) is 11.3. The standard InChI is InChI=1S/C23H21N3O2/c1-17-9-5-8-14-21(17)28-16-15-26-20-13-7-6-12-19(20)22(23(26)27)25-24-18-10-3-2-4-11-18/h2-14,27H,15-16H2,1H3. The van der Waals surface area contributed by atoms with E-state index in [1.807, 2.05) is 90.4 Å². The van der Waals surface area contributed by atoms with Gasteiger partial charge in [-0.2, -0.15) is 5.11 Å². The molecule has 0 atom stereocenters. The molecule has 1 N–H and O–H groups in total. The van der Waals surface area contributed by atoms with Gasteiger partial charge < -0.3 is 14.4 Å². The number of azo groups is 1. The summed E-state index contributed by atoms with van der Waals surface area (Å²) < 4.78 is 7.71. The van der Waals surface area contributed by atoms with Crippen LogP contribution in [0.15, 0.2) is 89.1 Å². The highest BCUT2D eigenvalue weighted by atomic mass is 16.5. The zero-order valence-corrected chi connectivity index (χ0v) is 15.6. The van der Waals surface area contributed by atoms with Crippen molar-refractivity contribution >= 4 is 22.3 Å². The SMILES string of the molecule is Cc1ccccc1OCCn1c(O)c(N=Nc2ccccc2)c2ccccc21. The minimum atomic E-state index is 0.0919. The fraction of sp³-hybridized carbons (Fsp3) is 0.130. The van der Waals surface area contributed by atoms with E-state index in [0.29, 0.717) is 18.8 Å². The topological polar surface area (TPSA) is 59.1 Å². The lowest BCUT2D eigenvalue weighted by molar-refractivity contribution is 0.289. The highest BCUT2D eigenvalue weighted by Gasteiger charge is 2.16. The number of fused-ring (bicyclic) bond motifs is 1. The number of para-hydroxylation sites is 2. The first-order chi connectivity index (χ1) is 13.7. The molecule has 0 aliphatic heterocycles. The molecule has 0 bridgehead atoms. The second kappa shape index (κ2) is 7.96. The monoisotopic (exact) mass is 371 g/mol. The van der Waals surface area contributed by atoms with E-state index in [0.717, 1.165) is 27.9 Å². The van der Waals surface area contributed by atoms with Gasteiger partial charge in [-0.05, 0) is 36.8 Å². The predicted molar refractivity (Wildman–Crippen MR) is 111 cm³/mol. The Kier molecular flexibility index (Phi) is 5.06. The molecule has 140 valence electrons. The summed E-state index contributed by atoms with van der Waals surface area (Å²) >= 11 is 0. The number of hydrogen-bond acceptors (Lipinski definition) is 4. The molecule has 0 aliphatic carbocycles. The van der Waals surface area contributed by atoms with E-state index in [-0.39, 0.29) is 5.88 Å². The van der Waals surface area contributed by atoms with Gasteiger partial charge in [0.2, 0.25) is 5.88 Å². The number of rotatable bonds is 6. The second-order valence-corrected chi connectivity index (χ2v) is 6.49. The van der Waals surface area contributed by atoms with Crippen LogP contribution in [0.1, 0.15) is 5.56 Å². The first kappa shape index (κ1) is 17.8. The number of aromatic nitrogens is 1. The molecule has 4 aromatic rings. The van der Waals surface area contributed by atoms with Crippen molar-refractivity contribution in [2.45, 2.75) is 13.5 Å². The smallest absolute Gasteiger partial charge is 0.220 e. The maximum absolute atomic E-state index is 10.8. The summed E-state index contributed by atoms with van der Waals surface area (Å²) in [7, 11) is 0. The van der Waals surface area contributed by atoms with E-state index in [9.17, 15) is 5.11 Å². The molecule has 0 aliphatic rings. The third-order valence-electron chi connectivity index (χ3n) is 4.61. The Hall–Kier alpha value is -3.60. The lowest BCUT2D eigenvalue weighted by atomic mass is 10.2. The van der Waals surface area contributed by atoms with E-state index in [2.05, 4.69) is 10.2 Å². The van der Waals surface area contributed by atoms with Gasteiger partial charge in [0.15, 0.2) is 5.69 Å². The molecule has 0 amide bonds. The highest BCUT2D eigenvalue weighted by molar-refractivity contribution is 5.95. The van der Waals surface area contributed by atoms with E-state index in [4.69, 9.17) is 4.74 Å². The molecule has 0 radical (unpaired) electrons. The summed E-state index contributed by atoms with van der Waals surface area (Å²) in [4.78, 5) is 0. The third kappa shape index (κ3) is 3.60. The molecule has 4 rings (SSSR count). The van der Waals surface area contributed by atoms with Crippen LogP contribution in [-0.2, 0) is 6.54 Å². The van der Waals surface area contributed by atoms with Crippen LogP contribution >= 0.6 is 0 Å². The molecule has 0 fully saturated rings. The van der Waals surface area contributed by atoms with Crippen LogP contribution in [0.5, 0.6) is 11.6 Å². The zero-order valence-electron chi connectivity index (χ0n) is 15.6. The molecule has 3 aromatic carbocycles. The molecule has 1 aromatic heterocycles. The van der Waals surface area contributed by atoms with Crippen molar-refractivity contribution in [2.75, 3.05) is 6.61 Å². The first-order valence-corrected chi connectivity index (χ1v) is 9.19. The van der Waals surface area contributed by atoms with Crippen molar-refractivity contribution < 1.29 is 9.84 Å². The molecule has 0 unspecified atom stereocenters. The Morgan fingerprint density at radius 2 is 1.57 bits per heavy atom. The van der Waals surface area contributed by atoms with Crippen LogP contribution in [0.4, 0.5) is 11.4 Å². The van der Waals surface area contributed by atoms with Crippen LogP contribution in [0.2, 0.25) is 0 Å². The largest absolute Gasteiger partial charge is 0.493 e. The van der Waals surface area contributed by atoms with Crippen molar-refractivity contribution in [1.29, 1.82) is 0 Å². The number of nitrogens with zero attached hydrogens (tertiary/aromatic N) is 3. The van der Waals surface area contributed by atoms with Gasteiger partial charge in [-0.25, -0.2) is 0 Å². The summed E-state index contributed by atoms with van der Waals surface area (Å²) in [5, 5.41) is 20.2. The van der Waals surface area contributed by atoms with Gasteiger partial charge in [-0.15, -0.1) is 5.11 Å². The lowest BCUT2D eigenvalue weighted by Gasteiger charge is -2.11. The predicted octanol–water partition coefficient (Wildman–Crippen LogP) is 6.15. The van der Waals surface area contributed by atoms with Gasteiger partial charge in [-0.1, -0.05) is 54.6 Å². The molecular formula is C23H21N3O2. The van der Waals surface area contributed by atoms with E-state index in [1.165, 1.54) is 0 Å². The zero-order chi connectivity index (χ0) is 19.3. The minimum absolute atomic E-state index is 0.0919. The van der Waals surface area contributed by atoms with Crippen LogP contribution in [0.3, 0.4) is 0 Å². The fourth-order valence-corrected chi connectivity index (χ4v) is 3.16. The minimum Gasteiger partial charge on any atom is -0.493 e. The summed E-state index contributed by atoms with van der Waals surface area (Å²) in [6, 6.07) is 25.1. The Labute approximate surface area is 163 Å². The maximum Gasteiger partial charge on any atom is 0.220 e. The molecule has 1 heterocycles. The first-order valence-electron chi connectivity index (χ1n) is 9.19. The summed E-state index contributed by atoms with van der Waals surface area (Å²) in [5.41, 5.74) is 3.19. The molecule has 0 spiro atoms. The Bertz CT molecular complexity index is 1120. The number of aryl methyl sites for hydroxylation is 1. The summed E-state index contributed by atoms with van der Waals surface area (Å²) in [5.74, 6) is 0.941. The Morgan fingerprint density at radius 3 is 2.39 bits per heavy atom. The van der Waals surface area contributed by atoms with Gasteiger partial charge in [0.1, 0.15) is 12.4 Å². The number of benzene rings is 3. The van der Waals surface area contributed by atoms with E-state index < -0.39 is 0 Å². The average Bonchev–Trinajstić information content (AvgIpc) is 3.00. The molecular weight excluding hydrogens is 350 g/mol. The molecule has 0 saturated carbocycles. The third-order valence-corrected chi connectivity index (χ3v) is 4.61. The van der Waals surface area contributed by atoms with Crippen LogP contribution < -0.4 is 4.74 Å². The summed E-state index contributed by atoms with van der Waals surface area (Å²) in [6.07, 6.45) is 0. The van der Waals surface area contributed by atoms with E-state index >= 15 is 0 Å². The van der Waals surface area contributed by atoms with Crippen molar-refractivity contribution in [3.63, 3.8) is 0 Å². The number of ether oxygens (including phenoxy) is 1. The van der Waals surface area contributed by atoms with Gasteiger partial charge in [0.25, 0.3) is 0 Å². The van der Waals surface area contributed by atoms with Crippen molar-refractivity contribution in [1.82, 2.24) is 4.57 Å². The van der Waals surface area contributed by atoms with Crippen LogP contribution in [0.25, 0.3) is 10.9 Å². The van der Waals surface area contributed by atoms with Gasteiger partial charge in [-0.3, -0.25) is 0 Å². The molecule has 5 heteroatoms. The molecule has 28 heavy (non-hydrogen) atoms. The van der Waals surface area contributed by atoms with Gasteiger partial charge in [0.05, 0.1) is 17.7 Å². The van der Waals surface area contributed by atoms with Crippen LogP contribution in [0, 0.1) is 6.92 Å². The molecule has 5 nitrogen and oxygen atoms in total. The van der Waals surface area contributed by atoms with Crippen molar-refractivity contribution in [2.24, 2.45) is 10.2 Å². The lowest BCUT2D eigenvalue weighted by Crippen LogP contribution is -2.08. The quantitative estimate of drug-likeness (QED) is 0.413. The average molecular weight is 371 g/mol. The Balaban J connectivity index is 1.61. The van der Waals surface area contributed by atoms with Gasteiger partial charge >= 0.3 is 0 Å². The van der Waals surface area contributed by atoms with Crippen molar-refractivity contribution in [3.05, 3.63) is 84.4 Å². The molecule has 0 saturated heterocycles. The summed E-state index contributed by atoms with van der Waals surface area (Å²) in [6.45, 7) is 2.95. The second-order valence-electron chi connectivity index (χ2n) is 6.49. The Morgan fingerprint density at radius 1 is 0.857 bits per heavy atom. The van der Waals surface area contributed by atoms with Crippen molar-refractivity contribution in [3.8, 4) is 11.6 Å². The highest BCUT2D eigenvalue weighted by Crippen LogP contribution is 2.39. The van der Waals surface area contributed by atoms with Gasteiger partial charge in [0, 0.05) is 5.39 Å². The maximum atomic E-state index is 10.8. The van der Waals surface area contributed by atoms with Crippen LogP contribution in [-0.4, -0.2) is 16.3 Å². The fourth-order valence-electron chi connectivity index (χ4n) is 3.16. The number of aromatic hydroxyl groups is 1. The number of hydrogen-bond donors (Lipinski definition) is 1.